The van der Waals surface area contributed by atoms with Crippen LogP contribution in [0, 0.1) is 0 Å². The lowest BCUT2D eigenvalue weighted by molar-refractivity contribution is -0.0507. The molecule has 0 saturated carbocycles. The van der Waals surface area contributed by atoms with E-state index in [4.69, 9.17) is 11.6 Å². The molecular weight excluding hydrogens is 264 g/mol. The normalized spacial score (nSPS) is 20.6. The number of hydrogen-bond acceptors (Lipinski definition) is 3. The molecule has 1 aliphatic heterocycles. The van der Waals surface area contributed by atoms with Gasteiger partial charge in [0.1, 0.15) is 5.75 Å². The minimum atomic E-state index is -2.85. The van der Waals surface area contributed by atoms with E-state index in [1.54, 1.807) is 6.07 Å². The number of β-amino-alcohol motifs (C(OH)–C–C–N with tert-alkyl or cyclic N) is 1. The molecule has 2 rings (SSSR count). The lowest BCUT2D eigenvalue weighted by Gasteiger charge is -2.18. The van der Waals surface area contributed by atoms with E-state index in [0.29, 0.717) is 30.1 Å². The van der Waals surface area contributed by atoms with E-state index in [-0.39, 0.29) is 11.9 Å². The van der Waals surface area contributed by atoms with Crippen molar-refractivity contribution in [1.82, 2.24) is 4.90 Å². The first kappa shape index (κ1) is 13.5. The van der Waals surface area contributed by atoms with Crippen molar-refractivity contribution in [3.63, 3.8) is 0 Å². The van der Waals surface area contributed by atoms with Gasteiger partial charge in [0.2, 0.25) is 0 Å². The summed E-state index contributed by atoms with van der Waals surface area (Å²) >= 11 is 5.86. The van der Waals surface area contributed by atoms with Gasteiger partial charge >= 0.3 is 6.61 Å². The largest absolute Gasteiger partial charge is 0.434 e. The summed E-state index contributed by atoms with van der Waals surface area (Å²) in [7, 11) is 0. The number of aliphatic hydroxyl groups is 1. The summed E-state index contributed by atoms with van der Waals surface area (Å²) in [6, 6.07) is 4.57. The standard InChI is InChI=1S/C12H14ClF2NO2/c13-9-1-2-11(18-12(14)15)8(5-9)6-16-4-3-10(17)7-16/h1-2,5,10,12,17H,3-4,6-7H2. The van der Waals surface area contributed by atoms with Crippen molar-refractivity contribution in [2.24, 2.45) is 0 Å². The van der Waals surface area contributed by atoms with Crippen LogP contribution in [0.25, 0.3) is 0 Å². The third-order valence-corrected chi connectivity index (χ3v) is 3.12. The van der Waals surface area contributed by atoms with Crippen LogP contribution in [0.2, 0.25) is 5.02 Å². The van der Waals surface area contributed by atoms with Crippen molar-refractivity contribution in [3.8, 4) is 5.75 Å². The second kappa shape index (κ2) is 5.82. The molecule has 0 aromatic heterocycles. The molecule has 1 unspecified atom stereocenters. The fourth-order valence-corrected chi connectivity index (χ4v) is 2.27. The van der Waals surface area contributed by atoms with Gasteiger partial charge in [0, 0.05) is 30.2 Å². The smallest absolute Gasteiger partial charge is 0.387 e. The second-order valence-electron chi connectivity index (χ2n) is 4.31. The molecule has 1 aromatic carbocycles. The Bertz CT molecular complexity index is 417. The summed E-state index contributed by atoms with van der Waals surface area (Å²) in [6.45, 7) is -1.13. The number of ether oxygens (including phenoxy) is 1. The van der Waals surface area contributed by atoms with Crippen LogP contribution in [-0.2, 0) is 6.54 Å². The molecule has 0 spiro atoms. The molecule has 1 heterocycles. The number of likely N-dealkylation sites (tertiary alicyclic amines) is 1. The van der Waals surface area contributed by atoms with E-state index in [1.165, 1.54) is 12.1 Å². The van der Waals surface area contributed by atoms with Gasteiger partial charge in [-0.1, -0.05) is 11.6 Å². The first-order valence-corrected chi connectivity index (χ1v) is 6.06. The lowest BCUT2D eigenvalue weighted by atomic mass is 10.2. The number of hydrogen-bond donors (Lipinski definition) is 1. The van der Waals surface area contributed by atoms with Gasteiger partial charge in [-0.05, 0) is 24.6 Å². The Balaban J connectivity index is 2.11. The minimum absolute atomic E-state index is 0.135. The van der Waals surface area contributed by atoms with Crippen LogP contribution in [-0.4, -0.2) is 35.8 Å². The fourth-order valence-electron chi connectivity index (χ4n) is 2.08. The van der Waals surface area contributed by atoms with E-state index < -0.39 is 6.61 Å². The Morgan fingerprint density at radius 1 is 1.50 bits per heavy atom. The van der Waals surface area contributed by atoms with Crippen molar-refractivity contribution in [1.29, 1.82) is 0 Å². The molecule has 0 amide bonds. The first-order chi connectivity index (χ1) is 8.54. The van der Waals surface area contributed by atoms with Crippen LogP contribution in [0.5, 0.6) is 5.75 Å². The third kappa shape index (κ3) is 3.54. The van der Waals surface area contributed by atoms with Gasteiger partial charge < -0.3 is 9.84 Å². The lowest BCUT2D eigenvalue weighted by Crippen LogP contribution is -2.22. The summed E-state index contributed by atoms with van der Waals surface area (Å²) in [5.74, 6) is 0.135. The highest BCUT2D eigenvalue weighted by Gasteiger charge is 2.21. The Morgan fingerprint density at radius 2 is 2.28 bits per heavy atom. The molecule has 1 aliphatic rings. The molecular formula is C12H14ClF2NO2. The number of benzene rings is 1. The predicted octanol–water partition coefficient (Wildman–Crippen LogP) is 2.51. The Kier molecular flexibility index (Phi) is 4.37. The van der Waals surface area contributed by atoms with Crippen molar-refractivity contribution in [2.45, 2.75) is 25.7 Å². The maximum Gasteiger partial charge on any atom is 0.387 e. The zero-order chi connectivity index (χ0) is 13.1. The van der Waals surface area contributed by atoms with Gasteiger partial charge in [0.05, 0.1) is 6.10 Å². The molecule has 1 saturated heterocycles. The molecule has 1 N–H and O–H groups in total. The third-order valence-electron chi connectivity index (χ3n) is 2.88. The zero-order valence-electron chi connectivity index (χ0n) is 9.65. The van der Waals surface area contributed by atoms with Crippen molar-refractivity contribution in [2.75, 3.05) is 13.1 Å². The van der Waals surface area contributed by atoms with Gasteiger partial charge in [-0.2, -0.15) is 8.78 Å². The summed E-state index contributed by atoms with van der Waals surface area (Å²) in [4.78, 5) is 1.98. The van der Waals surface area contributed by atoms with E-state index >= 15 is 0 Å². The molecule has 0 radical (unpaired) electrons. The zero-order valence-corrected chi connectivity index (χ0v) is 10.4. The predicted molar refractivity (Wildman–Crippen MR) is 64.0 cm³/mol. The van der Waals surface area contributed by atoms with Gasteiger partial charge in [-0.15, -0.1) is 0 Å². The average Bonchev–Trinajstić information content (AvgIpc) is 2.67. The first-order valence-electron chi connectivity index (χ1n) is 5.68. The van der Waals surface area contributed by atoms with E-state index in [9.17, 15) is 13.9 Å². The fraction of sp³-hybridized carbons (Fsp3) is 0.500. The molecule has 18 heavy (non-hydrogen) atoms. The Labute approximate surface area is 109 Å². The Hall–Kier alpha value is -0.910. The summed E-state index contributed by atoms with van der Waals surface area (Å²) in [5, 5.41) is 9.91. The number of halogens is 3. The second-order valence-corrected chi connectivity index (χ2v) is 4.74. The molecule has 3 nitrogen and oxygen atoms in total. The highest BCUT2D eigenvalue weighted by Crippen LogP contribution is 2.27. The molecule has 1 aromatic rings. The maximum absolute atomic E-state index is 12.3. The molecule has 1 atom stereocenters. The topological polar surface area (TPSA) is 32.7 Å². The van der Waals surface area contributed by atoms with E-state index in [1.807, 2.05) is 4.90 Å². The molecule has 100 valence electrons. The van der Waals surface area contributed by atoms with Crippen LogP contribution < -0.4 is 4.74 Å². The minimum Gasteiger partial charge on any atom is -0.434 e. The highest BCUT2D eigenvalue weighted by atomic mass is 35.5. The summed E-state index contributed by atoms with van der Waals surface area (Å²) < 4.78 is 29.0. The SMILES string of the molecule is OC1CCN(Cc2cc(Cl)ccc2OC(F)F)C1. The Morgan fingerprint density at radius 3 is 2.89 bits per heavy atom. The van der Waals surface area contributed by atoms with Gasteiger partial charge in [0.25, 0.3) is 0 Å². The van der Waals surface area contributed by atoms with Crippen LogP contribution in [0.4, 0.5) is 8.78 Å². The van der Waals surface area contributed by atoms with E-state index in [2.05, 4.69) is 4.74 Å². The summed E-state index contributed by atoms with van der Waals surface area (Å²) in [6.07, 6.45) is 0.356. The van der Waals surface area contributed by atoms with Crippen LogP contribution >= 0.6 is 11.6 Å². The van der Waals surface area contributed by atoms with E-state index in [0.717, 1.165) is 6.54 Å². The monoisotopic (exact) mass is 277 g/mol. The number of nitrogens with zero attached hydrogens (tertiary/aromatic N) is 1. The summed E-state index contributed by atoms with van der Waals surface area (Å²) in [5.41, 5.74) is 0.608. The molecule has 1 fully saturated rings. The van der Waals surface area contributed by atoms with Crippen molar-refractivity contribution < 1.29 is 18.6 Å². The molecule has 0 bridgehead atoms. The van der Waals surface area contributed by atoms with Gasteiger partial charge in [-0.3, -0.25) is 4.90 Å². The highest BCUT2D eigenvalue weighted by molar-refractivity contribution is 6.30. The quantitative estimate of drug-likeness (QED) is 0.918. The van der Waals surface area contributed by atoms with Gasteiger partial charge in [0.15, 0.2) is 0 Å². The number of alkyl halides is 2. The van der Waals surface area contributed by atoms with Crippen molar-refractivity contribution >= 4 is 11.6 Å². The number of rotatable bonds is 4. The van der Waals surface area contributed by atoms with Crippen LogP contribution in [0.15, 0.2) is 18.2 Å². The average molecular weight is 278 g/mol. The maximum atomic E-state index is 12.3. The van der Waals surface area contributed by atoms with Crippen molar-refractivity contribution in [3.05, 3.63) is 28.8 Å². The van der Waals surface area contributed by atoms with Crippen LogP contribution in [0.1, 0.15) is 12.0 Å². The van der Waals surface area contributed by atoms with Crippen LogP contribution in [0.3, 0.4) is 0 Å². The molecule has 0 aliphatic carbocycles. The molecule has 6 heteroatoms. The van der Waals surface area contributed by atoms with Gasteiger partial charge in [-0.25, -0.2) is 0 Å². The number of aliphatic hydroxyl groups excluding tert-OH is 1.